The summed E-state index contributed by atoms with van der Waals surface area (Å²) in [6.45, 7) is -0.0370. The molecule has 1 aliphatic rings. The van der Waals surface area contributed by atoms with Gasteiger partial charge in [0.15, 0.2) is 5.82 Å². The van der Waals surface area contributed by atoms with Gasteiger partial charge in [-0.05, 0) is 12.1 Å². The van der Waals surface area contributed by atoms with Crippen molar-refractivity contribution >= 4 is 28.6 Å². The Kier molecular flexibility index (Phi) is 4.67. The SMILES string of the molecule is N[C@@H]1CN(c2nc3c(F)cc(F)cc3n2Cc2ccc(Cl)cn2)CCC1(F)F. The number of pyridine rings is 1. The first-order valence-electron chi connectivity index (χ1n) is 8.58. The van der Waals surface area contributed by atoms with Crippen molar-refractivity contribution < 1.29 is 17.6 Å². The third-order valence-corrected chi connectivity index (χ3v) is 5.04. The van der Waals surface area contributed by atoms with Gasteiger partial charge in [-0.15, -0.1) is 0 Å². The number of piperidine rings is 1. The van der Waals surface area contributed by atoms with E-state index in [1.54, 1.807) is 21.6 Å². The number of nitrogens with zero attached hydrogens (tertiary/aromatic N) is 4. The Morgan fingerprint density at radius 2 is 2.04 bits per heavy atom. The average molecular weight is 414 g/mol. The van der Waals surface area contributed by atoms with Crippen LogP contribution in [0.1, 0.15) is 12.1 Å². The zero-order chi connectivity index (χ0) is 20.1. The van der Waals surface area contributed by atoms with Crippen molar-refractivity contribution in [2.45, 2.75) is 24.9 Å². The van der Waals surface area contributed by atoms with E-state index in [-0.39, 0.29) is 36.6 Å². The van der Waals surface area contributed by atoms with Crippen LogP contribution in [-0.2, 0) is 6.54 Å². The van der Waals surface area contributed by atoms with Gasteiger partial charge in [0.1, 0.15) is 11.3 Å². The van der Waals surface area contributed by atoms with E-state index in [1.807, 2.05) is 0 Å². The average Bonchev–Trinajstić information content (AvgIpc) is 2.98. The number of anilines is 1. The molecule has 3 heterocycles. The summed E-state index contributed by atoms with van der Waals surface area (Å²) in [6.07, 6.45) is 1.00. The fourth-order valence-corrected chi connectivity index (χ4v) is 3.42. The van der Waals surface area contributed by atoms with E-state index in [4.69, 9.17) is 17.3 Å². The van der Waals surface area contributed by atoms with E-state index in [0.29, 0.717) is 10.7 Å². The van der Waals surface area contributed by atoms with Gasteiger partial charge in [0.2, 0.25) is 5.95 Å². The fraction of sp³-hybridized carbons (Fsp3) is 0.333. The minimum Gasteiger partial charge on any atom is -0.340 e. The summed E-state index contributed by atoms with van der Waals surface area (Å²) in [5.74, 6) is -4.33. The van der Waals surface area contributed by atoms with Crippen molar-refractivity contribution in [2.24, 2.45) is 5.73 Å². The molecule has 0 radical (unpaired) electrons. The van der Waals surface area contributed by atoms with E-state index in [1.165, 1.54) is 6.20 Å². The highest BCUT2D eigenvalue weighted by Crippen LogP contribution is 2.32. The first-order valence-corrected chi connectivity index (χ1v) is 8.96. The molecule has 2 N–H and O–H groups in total. The van der Waals surface area contributed by atoms with E-state index < -0.39 is 30.0 Å². The maximum absolute atomic E-state index is 14.3. The molecular formula is C18H16ClF4N5. The van der Waals surface area contributed by atoms with Crippen LogP contribution < -0.4 is 10.6 Å². The van der Waals surface area contributed by atoms with Crippen LogP contribution in [0.2, 0.25) is 5.02 Å². The molecule has 28 heavy (non-hydrogen) atoms. The summed E-state index contributed by atoms with van der Waals surface area (Å²) in [7, 11) is 0. The third-order valence-electron chi connectivity index (χ3n) is 4.82. The molecule has 1 aliphatic heterocycles. The number of nitrogens with two attached hydrogens (primary N) is 1. The van der Waals surface area contributed by atoms with Crippen molar-refractivity contribution in [3.63, 3.8) is 0 Å². The van der Waals surface area contributed by atoms with Crippen LogP contribution in [0, 0.1) is 11.6 Å². The lowest BCUT2D eigenvalue weighted by atomic mass is 10.0. The molecule has 0 amide bonds. The van der Waals surface area contributed by atoms with E-state index >= 15 is 0 Å². The lowest BCUT2D eigenvalue weighted by Gasteiger charge is -2.37. The van der Waals surface area contributed by atoms with Crippen LogP contribution in [0.4, 0.5) is 23.5 Å². The molecule has 1 aromatic carbocycles. The molecule has 4 rings (SSSR count). The largest absolute Gasteiger partial charge is 0.340 e. The van der Waals surface area contributed by atoms with Gasteiger partial charge in [-0.25, -0.2) is 22.5 Å². The summed E-state index contributed by atoms with van der Waals surface area (Å²) >= 11 is 5.85. The minimum atomic E-state index is -2.98. The van der Waals surface area contributed by atoms with E-state index in [0.717, 1.165) is 12.1 Å². The lowest BCUT2D eigenvalue weighted by Crippen LogP contribution is -2.55. The highest BCUT2D eigenvalue weighted by Gasteiger charge is 2.42. The van der Waals surface area contributed by atoms with Crippen molar-refractivity contribution in [3.8, 4) is 0 Å². The molecule has 148 valence electrons. The number of halogens is 5. The maximum Gasteiger partial charge on any atom is 0.266 e. The summed E-state index contributed by atoms with van der Waals surface area (Å²) in [5, 5.41) is 0.445. The molecule has 3 aromatic rings. The van der Waals surface area contributed by atoms with Crippen LogP contribution in [0.25, 0.3) is 11.0 Å². The molecule has 2 aromatic heterocycles. The van der Waals surface area contributed by atoms with Gasteiger partial charge in [-0.2, -0.15) is 0 Å². The molecule has 1 atom stereocenters. The van der Waals surface area contributed by atoms with Crippen molar-refractivity contribution in [1.82, 2.24) is 14.5 Å². The lowest BCUT2D eigenvalue weighted by molar-refractivity contribution is -0.0395. The number of aromatic nitrogens is 3. The van der Waals surface area contributed by atoms with Crippen LogP contribution in [0.15, 0.2) is 30.5 Å². The molecule has 10 heteroatoms. The Balaban J connectivity index is 1.81. The first kappa shape index (κ1) is 18.9. The van der Waals surface area contributed by atoms with Crippen LogP contribution >= 0.6 is 11.6 Å². The summed E-state index contributed by atoms with van der Waals surface area (Å²) in [5.41, 5.74) is 6.35. The molecular weight excluding hydrogens is 398 g/mol. The Bertz CT molecular complexity index is 1020. The normalized spacial score (nSPS) is 19.4. The molecule has 0 unspecified atom stereocenters. The van der Waals surface area contributed by atoms with Crippen LogP contribution in [0.5, 0.6) is 0 Å². The maximum atomic E-state index is 14.3. The van der Waals surface area contributed by atoms with Crippen LogP contribution in [0.3, 0.4) is 0 Å². The molecule has 1 saturated heterocycles. The molecule has 0 bridgehead atoms. The summed E-state index contributed by atoms with van der Waals surface area (Å²) in [6, 6.07) is 3.82. The molecule has 1 fully saturated rings. The van der Waals surface area contributed by atoms with Crippen molar-refractivity contribution in [2.75, 3.05) is 18.0 Å². The molecule has 0 spiro atoms. The Hall–Kier alpha value is -2.39. The second kappa shape index (κ2) is 6.89. The van der Waals surface area contributed by atoms with Crippen LogP contribution in [-0.4, -0.2) is 39.6 Å². The van der Waals surface area contributed by atoms with Gasteiger partial charge in [-0.1, -0.05) is 11.6 Å². The number of alkyl halides is 2. The third kappa shape index (κ3) is 3.40. The Labute approximate surface area is 162 Å². The standard InChI is InChI=1S/C18H16ClF4N5/c19-10-1-2-12(25-7-10)8-28-14-6-11(20)5-13(21)16(14)26-17(28)27-4-3-18(22,23)15(24)9-27/h1-2,5-7,15H,3-4,8-9,24H2/t15-/m1/s1. The number of hydrogen-bond acceptors (Lipinski definition) is 4. The number of imidazole rings is 1. The molecule has 0 saturated carbocycles. The smallest absolute Gasteiger partial charge is 0.266 e. The minimum absolute atomic E-state index is 0.0117. The molecule has 0 aliphatic carbocycles. The highest BCUT2D eigenvalue weighted by molar-refractivity contribution is 6.30. The monoisotopic (exact) mass is 413 g/mol. The second-order valence-corrected chi connectivity index (χ2v) is 7.22. The number of benzene rings is 1. The van der Waals surface area contributed by atoms with Gasteiger partial charge in [0, 0.05) is 37.8 Å². The van der Waals surface area contributed by atoms with Gasteiger partial charge >= 0.3 is 0 Å². The fourth-order valence-electron chi connectivity index (χ4n) is 3.31. The first-order chi connectivity index (χ1) is 13.2. The van der Waals surface area contributed by atoms with E-state index in [2.05, 4.69) is 9.97 Å². The molecule has 5 nitrogen and oxygen atoms in total. The second-order valence-electron chi connectivity index (χ2n) is 6.78. The summed E-state index contributed by atoms with van der Waals surface area (Å²) in [4.78, 5) is 10.0. The predicted molar refractivity (Wildman–Crippen MR) is 97.8 cm³/mol. The van der Waals surface area contributed by atoms with Gasteiger partial charge in [0.05, 0.1) is 28.8 Å². The van der Waals surface area contributed by atoms with Crippen molar-refractivity contribution in [3.05, 3.63) is 52.8 Å². The number of fused-ring (bicyclic) bond motifs is 1. The highest BCUT2D eigenvalue weighted by atomic mass is 35.5. The zero-order valence-electron chi connectivity index (χ0n) is 14.5. The van der Waals surface area contributed by atoms with E-state index in [9.17, 15) is 17.6 Å². The summed E-state index contributed by atoms with van der Waals surface area (Å²) < 4.78 is 57.2. The van der Waals surface area contributed by atoms with Gasteiger partial charge in [0.25, 0.3) is 5.92 Å². The quantitative estimate of drug-likeness (QED) is 0.667. The predicted octanol–water partition coefficient (Wildman–Crippen LogP) is 3.58. The van der Waals surface area contributed by atoms with Gasteiger partial charge < -0.3 is 15.2 Å². The number of rotatable bonds is 3. The Morgan fingerprint density at radius 1 is 1.25 bits per heavy atom. The Morgan fingerprint density at radius 3 is 2.71 bits per heavy atom. The topological polar surface area (TPSA) is 60.0 Å². The van der Waals surface area contributed by atoms with Gasteiger partial charge in [-0.3, -0.25) is 4.98 Å². The number of hydrogen-bond donors (Lipinski definition) is 1. The zero-order valence-corrected chi connectivity index (χ0v) is 15.3. The van der Waals surface area contributed by atoms with Crippen molar-refractivity contribution in [1.29, 1.82) is 0 Å².